The molecule has 0 radical (unpaired) electrons. The Labute approximate surface area is 898 Å². The van der Waals surface area contributed by atoms with Crippen LogP contribution < -0.4 is 32.1 Å². The van der Waals surface area contributed by atoms with Crippen molar-refractivity contribution in [3.8, 4) is 11.1 Å². The lowest BCUT2D eigenvalue weighted by Crippen LogP contribution is -2.43. The van der Waals surface area contributed by atoms with Crippen molar-refractivity contribution in [1.29, 1.82) is 0 Å². The number of sulfonamides is 2. The third-order valence-corrected chi connectivity index (χ3v) is 34.4. The number of rotatable bonds is 27. The minimum Gasteiger partial charge on any atom is -0.405 e. The van der Waals surface area contributed by atoms with Crippen LogP contribution in [0.4, 0.5) is 11.6 Å². The fourth-order valence-corrected chi connectivity index (χ4v) is 23.3. The van der Waals surface area contributed by atoms with Gasteiger partial charge in [0, 0.05) is 86.0 Å². The molecule has 2 aliphatic carbocycles. The largest absolute Gasteiger partial charge is 0.494 e. The summed E-state index contributed by atoms with van der Waals surface area (Å²) in [7, 11) is -9.72. The number of likely N-dealkylation sites (tertiary alicyclic amines) is 2. The highest BCUT2D eigenvalue weighted by Gasteiger charge is 2.64. The van der Waals surface area contributed by atoms with Crippen molar-refractivity contribution in [1.82, 2.24) is 48.3 Å². The quantitative estimate of drug-likeness (QED) is 0.0138. The molecule has 7 aliphatic rings. The van der Waals surface area contributed by atoms with Crippen molar-refractivity contribution in [3.63, 3.8) is 0 Å². The van der Waals surface area contributed by atoms with E-state index in [1.165, 1.54) is 65.0 Å². The summed E-state index contributed by atoms with van der Waals surface area (Å²) >= 11 is 9.04. The monoisotopic (exact) mass is 2320 g/mol. The van der Waals surface area contributed by atoms with Gasteiger partial charge in [-0.2, -0.15) is 0 Å². The van der Waals surface area contributed by atoms with E-state index in [1.54, 1.807) is 61.2 Å². The van der Waals surface area contributed by atoms with Crippen LogP contribution in [-0.4, -0.2) is 172 Å². The first-order valence-electron chi connectivity index (χ1n) is 47.6. The highest BCUT2D eigenvalue weighted by atomic mass is 127. The van der Waals surface area contributed by atoms with Gasteiger partial charge in [-0.15, -0.1) is 0 Å². The second-order valence-electron chi connectivity index (χ2n) is 39.9. The maximum absolute atomic E-state index is 12.7. The van der Waals surface area contributed by atoms with Crippen LogP contribution in [0.5, 0.6) is 0 Å². The molecule has 8 N–H and O–H groups in total. The molecule has 7 fully saturated rings. The summed E-state index contributed by atoms with van der Waals surface area (Å²) in [4.78, 5) is 22.5. The molecule has 12 aromatic rings. The van der Waals surface area contributed by atoms with Gasteiger partial charge in [0.2, 0.25) is 29.1 Å². The number of hydrogen-bond acceptors (Lipinski definition) is 23. The molecule has 0 unspecified atom stereocenters. The maximum atomic E-state index is 12.7. The highest BCUT2D eigenvalue weighted by molar-refractivity contribution is 14.1. The van der Waals surface area contributed by atoms with E-state index >= 15 is 0 Å². The maximum Gasteiger partial charge on any atom is 0.494 e. The van der Waals surface area contributed by atoms with Gasteiger partial charge >= 0.3 is 21.1 Å². The molecule has 0 atom stereocenters. The van der Waals surface area contributed by atoms with Crippen LogP contribution in [0, 0.1) is 22.8 Å². The van der Waals surface area contributed by atoms with Crippen LogP contribution in [0.25, 0.3) is 33.2 Å². The van der Waals surface area contributed by atoms with Crippen LogP contribution in [0.2, 0.25) is 0 Å². The molecule has 5 aliphatic heterocycles. The molecule has 19 rings (SSSR count). The van der Waals surface area contributed by atoms with Gasteiger partial charge in [0.25, 0.3) is 0 Å². The first-order chi connectivity index (χ1) is 66.6. The summed E-state index contributed by atoms with van der Waals surface area (Å²) in [6.07, 6.45) is 15.5. The molecule has 0 amide bonds. The average molecular weight is 2320 g/mol. The molecule has 4 aromatic heterocycles. The fourth-order valence-electron chi connectivity index (χ4n) is 17.0. The number of nitrogens with zero attached hydrogens (tertiary/aromatic N) is 8. The molecule has 145 heavy (non-hydrogen) atoms. The predicted octanol–water partition coefficient (Wildman–Crippen LogP) is 20.7. The standard InChI is InChI=1S/C29H33N5O2S.C20H26BNO4S.C14H14BrNO2S.C14H18IN5.C12H24B2O4.C7H8BrN.C7H7ClO2S.3CH4.CH3/c30-28-27-26(18-34(29(27)32-20-31-28)25-15-23(16-25)17-33-11-5-12-33)24-9-4-8-21(14-24)10-13-37(35,36)19-22-6-2-1-3-7-22;1-19(2)20(3,4)26-21(25-19)18-12-8-11-17(13-18)14-22-27(23,24)15-16-9-6-5-7-10-16;15-14-8-4-7-13(9-14)10-16-19(17,18)11-12-5-2-1-3-6-12;15-11-7-20(14-12(11)13(16)17-8-18-14)10-4-9(5-10)6-19-2-1-3-19;1-9(2)10(3,4)16-13(15-9)14-17-11(5,6)12(7,8)18-14;8-7-3-1-2-6(4-7)5-9;8-11(9,10)6-7-4-2-1-3-5-7;;;;/h1-4,6-9,14,18,20,23,25H,5,10-13,15-17,19H2,(H2,30,31,32);5-13,22H,14-15H2,1-4H3;1-9,16H,10-11H2;7-10H,1-6H2,(H2,16,17,18);1-8H3;1-4H,5,9H2;1-5H,6H2;3*1H4;1H3/q;;;;;;;;;;-1. The number of aryl methyl sites for hydroxylation is 1. The second kappa shape index (κ2) is 52.2. The zero-order valence-electron chi connectivity index (χ0n) is 83.2. The zero-order valence-corrected chi connectivity index (χ0v) is 92.5. The SMILES string of the molecule is C.C.C.CC1(C)OB(B2OC(C)(C)C(C)(C)O2)OC1(C)C.CC1(C)OB(c2cccc(CNS(=O)(=O)Cc3ccccc3)c2)OC1(C)C.NCc1cccc(Br)c1.Nc1ncnc2c1c(-c1cccc(CCS(=O)(=O)Cc3ccccc3)c1)cn2C1CC(CN2CCC2)C1.Nc1ncnc2c1c(I)cn2C1CC(CN2CCC2)C1.O=S(=O)(Cc1ccccc1)NCc1cccc(Br)c1.O=S(=O)(Cl)Cc1ccccc1.[CH3-]. The van der Waals surface area contributed by atoms with Gasteiger partial charge in [-0.1, -0.05) is 248 Å². The van der Waals surface area contributed by atoms with E-state index in [9.17, 15) is 33.7 Å². The van der Waals surface area contributed by atoms with Crippen LogP contribution in [0.3, 0.4) is 0 Å². The Hall–Kier alpha value is -7.87. The molecule has 0 bridgehead atoms. The molecular weight excluding hydrogens is 2170 g/mol. The Balaban J connectivity index is 0.000000195. The van der Waals surface area contributed by atoms with Crippen molar-refractivity contribution in [2.24, 2.45) is 17.6 Å². The third kappa shape index (κ3) is 33.8. The number of aromatic nitrogens is 6. The van der Waals surface area contributed by atoms with E-state index in [4.69, 9.17) is 55.8 Å². The van der Waals surface area contributed by atoms with Crippen LogP contribution in [0.15, 0.2) is 252 Å². The van der Waals surface area contributed by atoms with Crippen molar-refractivity contribution in [2.75, 3.05) is 56.5 Å². The predicted molar refractivity (Wildman–Crippen MR) is 609 cm³/mol. The first-order valence-corrected chi connectivity index (χ1v) is 57.9. The number of benzene rings is 8. The molecule has 38 heteroatoms. The topological polar surface area (TPSA) is 362 Å². The van der Waals surface area contributed by atoms with Crippen molar-refractivity contribution >= 4 is 164 Å². The molecule has 8 aromatic carbocycles. The van der Waals surface area contributed by atoms with Crippen LogP contribution >= 0.6 is 65.1 Å². The van der Waals surface area contributed by atoms with E-state index < -0.39 is 71.3 Å². The van der Waals surface area contributed by atoms with Crippen molar-refractivity contribution < 1.29 is 61.6 Å². The smallest absolute Gasteiger partial charge is 0.405 e. The second-order valence-corrected chi connectivity index (χ2v) is 51.5. The van der Waals surface area contributed by atoms with E-state index in [0.29, 0.717) is 48.8 Å². The summed E-state index contributed by atoms with van der Waals surface area (Å²) < 4.78 is 144. The summed E-state index contributed by atoms with van der Waals surface area (Å²) in [5.41, 5.74) is 27.3. The van der Waals surface area contributed by atoms with E-state index in [1.807, 2.05) is 241 Å². The number of hydrogen-bond donors (Lipinski definition) is 5. The summed E-state index contributed by atoms with van der Waals surface area (Å²) in [5, 5.41) is 1.89. The molecule has 5 saturated heterocycles. The lowest BCUT2D eigenvalue weighted by atomic mass is 9.49. The number of nitrogen functional groups attached to an aromatic ring is 2. The number of fused-ring (bicyclic) bond motifs is 2. The zero-order chi connectivity index (χ0) is 102. The number of anilines is 2. The van der Waals surface area contributed by atoms with Crippen LogP contribution in [0.1, 0.15) is 200 Å². The lowest BCUT2D eigenvalue weighted by molar-refractivity contribution is 0.00578. The summed E-state index contributed by atoms with van der Waals surface area (Å²) in [5.74, 6) is 2.71. The fraction of sp³-hybridized carbons (Fsp3) is 0.430. The average Bonchev–Trinajstić information content (AvgIpc) is 1.58. The van der Waals surface area contributed by atoms with Gasteiger partial charge in [0.1, 0.15) is 35.6 Å². The van der Waals surface area contributed by atoms with E-state index in [-0.39, 0.29) is 87.4 Å². The third-order valence-electron chi connectivity index (χ3n) is 27.4. The molecule has 784 valence electrons. The van der Waals surface area contributed by atoms with Crippen molar-refractivity contribution in [3.05, 3.63) is 308 Å². The van der Waals surface area contributed by atoms with E-state index in [2.05, 4.69) is 127 Å². The van der Waals surface area contributed by atoms with Crippen LogP contribution in [-0.2, 0) is 116 Å². The molecule has 2 saturated carbocycles. The summed E-state index contributed by atoms with van der Waals surface area (Å²) in [6.45, 7) is 32.9. The Morgan fingerprint density at radius 2 is 0.793 bits per heavy atom. The Kier molecular flexibility index (Phi) is 43.5. The van der Waals surface area contributed by atoms with Gasteiger partial charge in [0.05, 0.1) is 73.1 Å². The Bertz CT molecular complexity index is 6600. The Morgan fingerprint density at radius 3 is 1.20 bits per heavy atom. The molecule has 27 nitrogen and oxygen atoms in total. The molecule has 9 heterocycles. The van der Waals surface area contributed by atoms with Gasteiger partial charge in [-0.25, -0.2) is 63.1 Å². The lowest BCUT2D eigenvalue weighted by Gasteiger charge is -2.42. The van der Waals surface area contributed by atoms with Gasteiger partial charge in [0.15, 0.2) is 9.84 Å². The number of nitrogens with one attached hydrogen (secondary N) is 2. The van der Waals surface area contributed by atoms with Gasteiger partial charge in [-0.05, 0) is 268 Å². The normalized spacial score (nSPS) is 19.1. The molecule has 0 spiro atoms. The number of halogens is 4. The van der Waals surface area contributed by atoms with E-state index in [0.717, 1.165) is 115 Å². The molecular formula is C107H145B3Br2ClIN13O14S4-. The minimum absolute atomic E-state index is 0. The first kappa shape index (κ1) is 121. The number of sulfone groups is 1. The highest BCUT2D eigenvalue weighted by Crippen LogP contribution is 2.47. The minimum atomic E-state index is -3.41. The van der Waals surface area contributed by atoms with Gasteiger partial charge in [-0.3, -0.25) is 0 Å². The van der Waals surface area contributed by atoms with Crippen molar-refractivity contribution in [2.45, 2.75) is 239 Å². The summed E-state index contributed by atoms with van der Waals surface area (Å²) in [6, 6.07) is 68.8. The number of nitrogens with two attached hydrogens (primary N) is 3. The Morgan fingerprint density at radius 1 is 0.434 bits per heavy atom. The van der Waals surface area contributed by atoms with Gasteiger partial charge < -0.3 is 71.5 Å².